The summed E-state index contributed by atoms with van der Waals surface area (Å²) in [7, 11) is 0. The van der Waals surface area contributed by atoms with Crippen molar-refractivity contribution in [2.75, 3.05) is 19.6 Å². The van der Waals surface area contributed by atoms with Crippen molar-refractivity contribution in [3.63, 3.8) is 0 Å². The molecule has 3 aliphatic heterocycles. The number of urea groups is 1. The lowest BCUT2D eigenvalue weighted by atomic mass is 10.0. The second-order valence-electron chi connectivity index (χ2n) is 9.72. The molecule has 2 fully saturated rings. The smallest absolute Gasteiger partial charge is 0.318 e. The SMILES string of the molecule is C[C@H](NC(=O)[C@H](CC(=O)N1CCCC[C@@H]1C)NC(=O)N1CCCCC1)C1=NC2=CC=CC(F)C2=N1. The molecule has 35 heavy (non-hydrogen) atoms. The van der Waals surface area contributed by atoms with Gasteiger partial charge in [-0.15, -0.1) is 0 Å². The zero-order valence-electron chi connectivity index (χ0n) is 20.5. The maximum Gasteiger partial charge on any atom is 0.318 e. The zero-order chi connectivity index (χ0) is 24.9. The van der Waals surface area contributed by atoms with E-state index in [1.807, 2.05) is 6.92 Å². The lowest BCUT2D eigenvalue weighted by molar-refractivity contribution is -0.137. The highest BCUT2D eigenvalue weighted by atomic mass is 19.1. The average molecular weight is 487 g/mol. The summed E-state index contributed by atoms with van der Waals surface area (Å²) in [4.78, 5) is 51.4. The predicted octanol–water partition coefficient (Wildman–Crippen LogP) is 2.49. The largest absolute Gasteiger partial charge is 0.345 e. The standard InChI is InChI=1S/C25H35FN6O3/c1-16-9-4-7-14-32(16)21(33)15-20(29-25(35)31-12-5-3-6-13-31)24(34)27-17(2)23-28-19-11-8-10-18(26)22(19)30-23/h8,10-11,16-18,20H,3-7,9,12-15H2,1-2H3,(H,27,34)(H,29,35)/t16-,17-,18?,20-/m0/s1. The highest BCUT2D eigenvalue weighted by Gasteiger charge is 2.33. The molecule has 1 unspecified atom stereocenters. The Morgan fingerprint density at radius 2 is 1.83 bits per heavy atom. The van der Waals surface area contributed by atoms with Gasteiger partial charge in [0.05, 0.1) is 18.2 Å². The van der Waals surface area contributed by atoms with Crippen LogP contribution in [0.4, 0.5) is 9.18 Å². The molecule has 0 aromatic carbocycles. The second kappa shape index (κ2) is 11.1. The molecule has 0 aromatic rings. The van der Waals surface area contributed by atoms with Gasteiger partial charge in [0.15, 0.2) is 12.0 Å². The van der Waals surface area contributed by atoms with Gasteiger partial charge in [-0.1, -0.05) is 6.08 Å². The predicted molar refractivity (Wildman–Crippen MR) is 132 cm³/mol. The van der Waals surface area contributed by atoms with Crippen LogP contribution in [-0.2, 0) is 9.59 Å². The third-order valence-electron chi connectivity index (χ3n) is 7.03. The number of fused-ring (bicyclic) bond motifs is 1. The summed E-state index contributed by atoms with van der Waals surface area (Å²) < 4.78 is 14.1. The van der Waals surface area contributed by atoms with E-state index in [9.17, 15) is 18.8 Å². The number of alkyl halides is 1. The molecule has 190 valence electrons. The van der Waals surface area contributed by atoms with Crippen LogP contribution in [0.1, 0.15) is 58.8 Å². The van der Waals surface area contributed by atoms with E-state index in [4.69, 9.17) is 0 Å². The number of nitrogens with one attached hydrogen (secondary N) is 2. The van der Waals surface area contributed by atoms with Crippen molar-refractivity contribution in [1.29, 1.82) is 0 Å². The Bertz CT molecular complexity index is 968. The Morgan fingerprint density at radius 1 is 1.09 bits per heavy atom. The molecule has 0 radical (unpaired) electrons. The average Bonchev–Trinajstić information content (AvgIpc) is 3.30. The molecule has 2 saturated heterocycles. The first-order valence-corrected chi connectivity index (χ1v) is 12.7. The first kappa shape index (κ1) is 25.1. The fraction of sp³-hybridized carbons (Fsp3) is 0.640. The summed E-state index contributed by atoms with van der Waals surface area (Å²) in [5, 5.41) is 5.62. The van der Waals surface area contributed by atoms with Gasteiger partial charge in [0.2, 0.25) is 11.8 Å². The van der Waals surface area contributed by atoms with Crippen LogP contribution < -0.4 is 10.6 Å². The van der Waals surface area contributed by atoms with Crippen molar-refractivity contribution in [1.82, 2.24) is 20.4 Å². The number of amidine groups is 1. The number of hydrogen-bond acceptors (Lipinski definition) is 5. The number of halogens is 1. The van der Waals surface area contributed by atoms with E-state index in [-0.39, 0.29) is 30.1 Å². The molecule has 0 spiro atoms. The molecule has 4 amide bonds. The molecule has 4 rings (SSSR count). The van der Waals surface area contributed by atoms with E-state index < -0.39 is 24.2 Å². The van der Waals surface area contributed by atoms with E-state index in [2.05, 4.69) is 20.6 Å². The third kappa shape index (κ3) is 5.97. The fourth-order valence-electron chi connectivity index (χ4n) is 4.93. The highest BCUT2D eigenvalue weighted by Crippen LogP contribution is 2.21. The van der Waals surface area contributed by atoms with E-state index in [1.165, 1.54) is 6.08 Å². The number of hydrogen-bond donors (Lipinski definition) is 2. The van der Waals surface area contributed by atoms with E-state index in [1.54, 1.807) is 28.9 Å². The molecule has 0 saturated carbocycles. The molecule has 2 N–H and O–H groups in total. The van der Waals surface area contributed by atoms with Gasteiger partial charge in [0, 0.05) is 25.7 Å². The van der Waals surface area contributed by atoms with Crippen LogP contribution in [0.5, 0.6) is 0 Å². The summed E-state index contributed by atoms with van der Waals surface area (Å²) in [5.41, 5.74) is 0.674. The van der Waals surface area contributed by atoms with Crippen molar-refractivity contribution in [2.24, 2.45) is 9.98 Å². The third-order valence-corrected chi connectivity index (χ3v) is 7.03. The maximum absolute atomic E-state index is 14.1. The quantitative estimate of drug-likeness (QED) is 0.602. The van der Waals surface area contributed by atoms with Crippen molar-refractivity contribution in [3.8, 4) is 0 Å². The minimum absolute atomic E-state index is 0.110. The highest BCUT2D eigenvalue weighted by molar-refractivity contribution is 6.17. The minimum Gasteiger partial charge on any atom is -0.345 e. The van der Waals surface area contributed by atoms with Gasteiger partial charge < -0.3 is 20.4 Å². The molecule has 0 aromatic heterocycles. The lowest BCUT2D eigenvalue weighted by Gasteiger charge is -2.35. The minimum atomic E-state index is -1.33. The number of carbonyl (C=O) groups excluding carboxylic acids is 3. The number of rotatable bonds is 6. The van der Waals surface area contributed by atoms with E-state index in [0.717, 1.165) is 38.5 Å². The van der Waals surface area contributed by atoms with Crippen molar-refractivity contribution >= 4 is 29.4 Å². The Hall–Kier alpha value is -3.04. The summed E-state index contributed by atoms with van der Waals surface area (Å²) in [5.74, 6) is -0.337. The molecule has 0 bridgehead atoms. The molecule has 9 nitrogen and oxygen atoms in total. The van der Waals surface area contributed by atoms with Crippen LogP contribution in [0.3, 0.4) is 0 Å². The maximum atomic E-state index is 14.1. The van der Waals surface area contributed by atoms with Crippen LogP contribution in [-0.4, -0.2) is 83.1 Å². The van der Waals surface area contributed by atoms with Crippen LogP contribution in [0.25, 0.3) is 0 Å². The molecule has 3 heterocycles. The summed E-state index contributed by atoms with van der Waals surface area (Å²) in [6.07, 6.45) is 9.07. The van der Waals surface area contributed by atoms with E-state index in [0.29, 0.717) is 31.2 Å². The molecular weight excluding hydrogens is 451 g/mol. The molecule has 1 aliphatic carbocycles. The number of carbonyl (C=O) groups is 3. The van der Waals surface area contributed by atoms with Crippen LogP contribution >= 0.6 is 0 Å². The lowest BCUT2D eigenvalue weighted by Crippen LogP contribution is -2.56. The van der Waals surface area contributed by atoms with Gasteiger partial charge in [-0.3, -0.25) is 9.59 Å². The molecule has 4 aliphatic rings. The number of likely N-dealkylation sites (tertiary alicyclic amines) is 2. The van der Waals surface area contributed by atoms with Crippen molar-refractivity contribution < 1.29 is 18.8 Å². The number of amides is 4. The summed E-state index contributed by atoms with van der Waals surface area (Å²) >= 11 is 0. The van der Waals surface area contributed by atoms with Gasteiger partial charge in [0.1, 0.15) is 11.8 Å². The van der Waals surface area contributed by atoms with Crippen molar-refractivity contribution in [3.05, 3.63) is 23.9 Å². The Morgan fingerprint density at radius 3 is 2.54 bits per heavy atom. The normalized spacial score (nSPS) is 25.6. The molecular formula is C25H35FN6O3. The second-order valence-corrected chi connectivity index (χ2v) is 9.72. The molecule has 4 atom stereocenters. The van der Waals surface area contributed by atoms with Crippen molar-refractivity contribution in [2.45, 2.75) is 83.1 Å². The van der Waals surface area contributed by atoms with E-state index >= 15 is 0 Å². The monoisotopic (exact) mass is 486 g/mol. The van der Waals surface area contributed by atoms with Crippen LogP contribution in [0.2, 0.25) is 0 Å². The first-order chi connectivity index (χ1) is 16.8. The van der Waals surface area contributed by atoms with Gasteiger partial charge in [-0.05, 0) is 64.5 Å². The van der Waals surface area contributed by atoms with Gasteiger partial charge >= 0.3 is 6.03 Å². The topological polar surface area (TPSA) is 106 Å². The number of allylic oxidation sites excluding steroid dienone is 4. The Kier molecular flexibility index (Phi) is 7.97. The number of nitrogens with zero attached hydrogens (tertiary/aromatic N) is 4. The summed E-state index contributed by atoms with van der Waals surface area (Å²) in [6, 6.07) is -1.87. The van der Waals surface area contributed by atoms with Gasteiger partial charge in [0.25, 0.3) is 0 Å². The first-order valence-electron chi connectivity index (χ1n) is 12.7. The Balaban J connectivity index is 1.44. The van der Waals surface area contributed by atoms with Gasteiger partial charge in [-0.25, -0.2) is 19.2 Å². The Labute approximate surface area is 205 Å². The number of piperidine rings is 2. The zero-order valence-corrected chi connectivity index (χ0v) is 20.5. The van der Waals surface area contributed by atoms with Crippen LogP contribution in [0, 0.1) is 0 Å². The fourth-order valence-corrected chi connectivity index (χ4v) is 4.93. The number of aliphatic imine (C=N–C) groups is 2. The van der Waals surface area contributed by atoms with Gasteiger partial charge in [-0.2, -0.15) is 0 Å². The summed E-state index contributed by atoms with van der Waals surface area (Å²) in [6.45, 7) is 5.65. The molecule has 10 heteroatoms. The van der Waals surface area contributed by atoms with Crippen LogP contribution in [0.15, 0.2) is 33.9 Å².